The van der Waals surface area contributed by atoms with Crippen LogP contribution in [0, 0.1) is 45.8 Å². The normalized spacial score (nSPS) is 50.2. The van der Waals surface area contributed by atoms with Gasteiger partial charge in [0.15, 0.2) is 0 Å². The predicted molar refractivity (Wildman–Crippen MR) is 99.8 cm³/mol. The lowest BCUT2D eigenvalue weighted by atomic mass is 9.49. The third-order valence-electron chi connectivity index (χ3n) is 8.41. The number of hydrogen-bond donors (Lipinski definition) is 1. The molecule has 0 bridgehead atoms. The number of nitrogens with zero attached hydrogens (tertiary/aromatic N) is 1. The van der Waals surface area contributed by atoms with Gasteiger partial charge in [-0.1, -0.05) is 33.6 Å². The maximum absolute atomic E-state index is 10.0. The van der Waals surface area contributed by atoms with Crippen LogP contribution in [0.3, 0.4) is 0 Å². The van der Waals surface area contributed by atoms with Crippen LogP contribution >= 0.6 is 0 Å². The topological polar surface area (TPSA) is 53.2 Å². The third kappa shape index (κ3) is 3.15. The first-order valence-corrected chi connectivity index (χ1v) is 10.5. The minimum absolute atomic E-state index is 0.109. The van der Waals surface area contributed by atoms with Crippen LogP contribution in [0.2, 0.25) is 0 Å². The highest BCUT2D eigenvalue weighted by Crippen LogP contribution is 2.64. The molecule has 3 rings (SSSR count). The van der Waals surface area contributed by atoms with E-state index in [2.05, 4.69) is 26.8 Å². The second-order valence-corrected chi connectivity index (χ2v) is 9.71. The minimum atomic E-state index is -0.109. The summed E-state index contributed by atoms with van der Waals surface area (Å²) >= 11 is 0. The highest BCUT2D eigenvalue weighted by molar-refractivity contribution is 5.12. The number of nitriles is 1. The summed E-state index contributed by atoms with van der Waals surface area (Å²) in [6.07, 6.45) is 10.0. The minimum Gasteiger partial charge on any atom is -0.393 e. The van der Waals surface area contributed by atoms with Gasteiger partial charge >= 0.3 is 0 Å². The first-order chi connectivity index (χ1) is 11.9. The van der Waals surface area contributed by atoms with E-state index in [-0.39, 0.29) is 29.0 Å². The molecule has 142 valence electrons. The van der Waals surface area contributed by atoms with Gasteiger partial charge in [-0.2, -0.15) is 5.26 Å². The van der Waals surface area contributed by atoms with Gasteiger partial charge in [-0.05, 0) is 73.5 Å². The van der Waals surface area contributed by atoms with Crippen LogP contribution < -0.4 is 0 Å². The molecule has 0 amide bonds. The predicted octanol–water partition coefficient (Wildman–Crippen LogP) is 4.93. The smallest absolute Gasteiger partial charge is 0.0661 e. The van der Waals surface area contributed by atoms with Gasteiger partial charge in [-0.15, -0.1) is 0 Å². The van der Waals surface area contributed by atoms with Gasteiger partial charge in [0.2, 0.25) is 0 Å². The molecule has 3 heteroatoms. The van der Waals surface area contributed by atoms with Crippen molar-refractivity contribution in [2.24, 2.45) is 34.5 Å². The lowest BCUT2D eigenvalue weighted by Gasteiger charge is -2.57. The van der Waals surface area contributed by atoms with Crippen LogP contribution in [0.15, 0.2) is 0 Å². The average Bonchev–Trinajstić information content (AvgIpc) is 2.93. The van der Waals surface area contributed by atoms with Gasteiger partial charge in [0.05, 0.1) is 24.2 Å². The molecule has 3 nitrogen and oxygen atoms in total. The molecule has 6 atom stereocenters. The summed E-state index contributed by atoms with van der Waals surface area (Å²) in [5.74, 6) is 2.08. The standard InChI is InChI=1S/C22H37NO2/c1-5-6-17-18-8-7-15(14-23)22(18,3)13-19(25-4)20(17)21(2)11-9-16(24)10-12-21/h15-20,24H,5-13H2,1-4H3/t15-,16?,17+,18+,19+,20-,21?,22-/m1/s1. The van der Waals surface area contributed by atoms with Crippen LogP contribution in [0.25, 0.3) is 0 Å². The van der Waals surface area contributed by atoms with E-state index in [1.54, 1.807) is 0 Å². The van der Waals surface area contributed by atoms with Gasteiger partial charge in [0.1, 0.15) is 0 Å². The number of aliphatic hydroxyl groups is 1. The van der Waals surface area contributed by atoms with Crippen LogP contribution in [-0.2, 0) is 4.74 Å². The Hall–Kier alpha value is -0.590. The summed E-state index contributed by atoms with van der Waals surface area (Å²) < 4.78 is 6.12. The highest BCUT2D eigenvalue weighted by atomic mass is 16.5. The van der Waals surface area contributed by atoms with E-state index in [1.165, 1.54) is 19.3 Å². The Labute approximate surface area is 154 Å². The molecule has 3 saturated carbocycles. The Balaban J connectivity index is 1.95. The molecule has 3 aliphatic carbocycles. The van der Waals surface area contributed by atoms with Crippen molar-refractivity contribution in [2.75, 3.05) is 7.11 Å². The summed E-state index contributed by atoms with van der Waals surface area (Å²) in [4.78, 5) is 0. The van der Waals surface area contributed by atoms with Gasteiger partial charge < -0.3 is 9.84 Å². The van der Waals surface area contributed by atoms with Crippen molar-refractivity contribution in [3.63, 3.8) is 0 Å². The molecule has 25 heavy (non-hydrogen) atoms. The fourth-order valence-corrected chi connectivity index (χ4v) is 7.06. The van der Waals surface area contributed by atoms with Gasteiger partial charge in [0.25, 0.3) is 0 Å². The van der Waals surface area contributed by atoms with Crippen molar-refractivity contribution in [1.29, 1.82) is 5.26 Å². The lowest BCUT2D eigenvalue weighted by molar-refractivity contribution is -0.145. The van der Waals surface area contributed by atoms with Crippen LogP contribution in [0.5, 0.6) is 0 Å². The average molecular weight is 348 g/mol. The van der Waals surface area contributed by atoms with E-state index in [9.17, 15) is 10.4 Å². The fourth-order valence-electron chi connectivity index (χ4n) is 7.06. The number of fused-ring (bicyclic) bond motifs is 1. The largest absolute Gasteiger partial charge is 0.393 e. The van der Waals surface area contributed by atoms with Crippen molar-refractivity contribution < 1.29 is 9.84 Å². The second kappa shape index (κ2) is 7.20. The summed E-state index contributed by atoms with van der Waals surface area (Å²) in [6, 6.07) is 2.63. The second-order valence-electron chi connectivity index (χ2n) is 9.71. The van der Waals surface area contributed by atoms with E-state index in [4.69, 9.17) is 4.74 Å². The molecule has 0 aromatic carbocycles. The maximum atomic E-state index is 10.0. The monoisotopic (exact) mass is 347 g/mol. The molecule has 3 aliphatic rings. The molecule has 0 aromatic rings. The van der Waals surface area contributed by atoms with Crippen LogP contribution in [0.4, 0.5) is 0 Å². The zero-order chi connectivity index (χ0) is 18.2. The van der Waals surface area contributed by atoms with Crippen LogP contribution in [0.1, 0.15) is 78.6 Å². The Bertz CT molecular complexity index is 505. The quantitative estimate of drug-likeness (QED) is 0.784. The maximum Gasteiger partial charge on any atom is 0.0661 e. The van der Waals surface area contributed by atoms with Crippen molar-refractivity contribution in [3.05, 3.63) is 0 Å². The van der Waals surface area contributed by atoms with Gasteiger partial charge in [-0.25, -0.2) is 0 Å². The van der Waals surface area contributed by atoms with Crippen molar-refractivity contribution in [3.8, 4) is 6.07 Å². The number of hydrogen-bond acceptors (Lipinski definition) is 3. The molecule has 3 fully saturated rings. The SMILES string of the molecule is CCC[C@@H]1[C@@H](C2(C)CCC(O)CC2)[C@@H](OC)C[C@]2(C)[C@@H](C#N)CC[C@@H]12. The zero-order valence-corrected chi connectivity index (χ0v) is 16.6. The van der Waals surface area contributed by atoms with E-state index >= 15 is 0 Å². The summed E-state index contributed by atoms with van der Waals surface area (Å²) in [5.41, 5.74) is 0.391. The van der Waals surface area contributed by atoms with E-state index in [0.717, 1.165) is 38.5 Å². The van der Waals surface area contributed by atoms with Crippen molar-refractivity contribution in [1.82, 2.24) is 0 Å². The lowest BCUT2D eigenvalue weighted by Crippen LogP contribution is -2.54. The van der Waals surface area contributed by atoms with Gasteiger partial charge in [0, 0.05) is 7.11 Å². The first kappa shape index (κ1) is 19.2. The van der Waals surface area contributed by atoms with E-state index in [0.29, 0.717) is 17.8 Å². The Morgan fingerprint density at radius 3 is 2.40 bits per heavy atom. The summed E-state index contributed by atoms with van der Waals surface area (Å²) in [6.45, 7) is 7.13. The number of ether oxygens (including phenoxy) is 1. The molecule has 0 radical (unpaired) electrons. The Kier molecular flexibility index (Phi) is 5.52. The van der Waals surface area contributed by atoms with E-state index in [1.807, 2.05) is 7.11 Å². The van der Waals surface area contributed by atoms with E-state index < -0.39 is 0 Å². The molecule has 1 N–H and O–H groups in total. The molecular weight excluding hydrogens is 310 g/mol. The molecule has 0 aromatic heterocycles. The summed E-state index contributed by atoms with van der Waals surface area (Å²) in [5, 5.41) is 19.7. The third-order valence-corrected chi connectivity index (χ3v) is 8.41. The molecular formula is C22H37NO2. The Morgan fingerprint density at radius 2 is 1.84 bits per heavy atom. The first-order valence-electron chi connectivity index (χ1n) is 10.5. The number of rotatable bonds is 4. The molecule has 0 unspecified atom stereocenters. The zero-order valence-electron chi connectivity index (χ0n) is 16.6. The van der Waals surface area contributed by atoms with Crippen molar-refractivity contribution in [2.45, 2.75) is 90.8 Å². The van der Waals surface area contributed by atoms with Crippen LogP contribution in [-0.4, -0.2) is 24.4 Å². The molecule has 0 saturated heterocycles. The Morgan fingerprint density at radius 1 is 1.16 bits per heavy atom. The summed E-state index contributed by atoms with van der Waals surface area (Å²) in [7, 11) is 1.88. The number of methoxy groups -OCH3 is 1. The fraction of sp³-hybridized carbons (Fsp3) is 0.955. The highest BCUT2D eigenvalue weighted by Gasteiger charge is 2.60. The molecule has 0 aliphatic heterocycles. The molecule has 0 heterocycles. The van der Waals surface area contributed by atoms with Crippen molar-refractivity contribution >= 4 is 0 Å². The number of aliphatic hydroxyl groups excluding tert-OH is 1. The van der Waals surface area contributed by atoms with Gasteiger partial charge in [-0.3, -0.25) is 0 Å². The molecule has 0 spiro atoms.